The Morgan fingerprint density at radius 3 is 3.11 bits per heavy atom. The number of hydrogen-bond donors (Lipinski definition) is 1. The van der Waals surface area contributed by atoms with Gasteiger partial charge in [0.1, 0.15) is 5.82 Å². The van der Waals surface area contributed by atoms with Crippen LogP contribution in [0.1, 0.15) is 35.8 Å². The van der Waals surface area contributed by atoms with Gasteiger partial charge in [-0.15, -0.1) is 0 Å². The number of fused-ring (bicyclic) bond motifs is 1. The first kappa shape index (κ1) is 11.9. The van der Waals surface area contributed by atoms with Crippen molar-refractivity contribution in [3.63, 3.8) is 0 Å². The molecule has 0 aromatic carbocycles. The van der Waals surface area contributed by atoms with E-state index in [0.29, 0.717) is 0 Å². The molecule has 1 aliphatic rings. The van der Waals surface area contributed by atoms with Crippen molar-refractivity contribution >= 4 is 15.9 Å². The van der Waals surface area contributed by atoms with E-state index in [2.05, 4.69) is 38.5 Å². The summed E-state index contributed by atoms with van der Waals surface area (Å²) in [5.41, 5.74) is 3.39. The predicted molar refractivity (Wildman–Crippen MR) is 73.9 cm³/mol. The molecule has 0 fully saturated rings. The second-order valence-electron chi connectivity index (χ2n) is 4.79. The Hall–Kier alpha value is -1.13. The fraction of sp³-hybridized carbons (Fsp3) is 0.357. The van der Waals surface area contributed by atoms with Gasteiger partial charge in [-0.3, -0.25) is 0 Å². The minimum Gasteiger partial charge on any atom is -0.388 e. The average Bonchev–Trinajstić information content (AvgIpc) is 2.74. The Kier molecular flexibility index (Phi) is 2.99. The van der Waals surface area contributed by atoms with Crippen LogP contribution in [-0.4, -0.2) is 14.7 Å². The fourth-order valence-electron chi connectivity index (χ4n) is 2.65. The van der Waals surface area contributed by atoms with Crippen molar-refractivity contribution in [3.8, 4) is 5.82 Å². The Balaban J connectivity index is 2.12. The minimum absolute atomic E-state index is 0.314. The number of aromatic nitrogens is 2. The molecule has 2 aromatic heterocycles. The highest BCUT2D eigenvalue weighted by Crippen LogP contribution is 2.32. The molecule has 0 radical (unpaired) electrons. The molecule has 2 aromatic rings. The van der Waals surface area contributed by atoms with Crippen LogP contribution in [0, 0.1) is 6.92 Å². The van der Waals surface area contributed by atoms with Crippen LogP contribution < -0.4 is 0 Å². The zero-order valence-electron chi connectivity index (χ0n) is 10.2. The molecule has 1 atom stereocenters. The number of aryl methyl sites for hydroxylation is 1. The molecule has 0 saturated carbocycles. The van der Waals surface area contributed by atoms with Gasteiger partial charge >= 0.3 is 0 Å². The van der Waals surface area contributed by atoms with Crippen LogP contribution in [-0.2, 0) is 6.42 Å². The van der Waals surface area contributed by atoms with Gasteiger partial charge in [0.2, 0.25) is 0 Å². The minimum atomic E-state index is -0.314. The number of hydrogen-bond acceptors (Lipinski definition) is 2. The van der Waals surface area contributed by atoms with Crippen molar-refractivity contribution < 1.29 is 5.11 Å². The fourth-order valence-corrected chi connectivity index (χ4v) is 3.10. The molecular formula is C14H15BrN2O. The molecular weight excluding hydrogens is 292 g/mol. The summed E-state index contributed by atoms with van der Waals surface area (Å²) in [6.45, 7) is 2.05. The third-order valence-corrected chi connectivity index (χ3v) is 3.96. The van der Waals surface area contributed by atoms with E-state index in [4.69, 9.17) is 0 Å². The van der Waals surface area contributed by atoms with Gasteiger partial charge < -0.3 is 9.67 Å². The van der Waals surface area contributed by atoms with Crippen LogP contribution in [0.4, 0.5) is 0 Å². The molecule has 3 rings (SSSR count). The SMILES string of the molecule is Cc1cc(Br)cnc1-n1ccc2c1CCCC2O. The van der Waals surface area contributed by atoms with Crippen LogP contribution in [0.15, 0.2) is 29.0 Å². The molecule has 0 bridgehead atoms. The summed E-state index contributed by atoms with van der Waals surface area (Å²) in [5, 5.41) is 9.99. The van der Waals surface area contributed by atoms with Gasteiger partial charge in [0, 0.05) is 28.1 Å². The predicted octanol–water partition coefficient (Wildman–Crippen LogP) is 3.31. The van der Waals surface area contributed by atoms with Crippen LogP contribution in [0.5, 0.6) is 0 Å². The Bertz CT molecular complexity index is 591. The summed E-state index contributed by atoms with van der Waals surface area (Å²) < 4.78 is 3.10. The zero-order valence-corrected chi connectivity index (χ0v) is 11.8. The molecule has 1 N–H and O–H groups in total. The van der Waals surface area contributed by atoms with Gasteiger partial charge in [0.05, 0.1) is 6.10 Å². The van der Waals surface area contributed by atoms with Gasteiger partial charge in [0.15, 0.2) is 0 Å². The van der Waals surface area contributed by atoms with E-state index >= 15 is 0 Å². The van der Waals surface area contributed by atoms with Gasteiger partial charge in [-0.1, -0.05) is 0 Å². The molecule has 4 heteroatoms. The van der Waals surface area contributed by atoms with Crippen molar-refractivity contribution in [2.24, 2.45) is 0 Å². The first-order valence-electron chi connectivity index (χ1n) is 6.17. The molecule has 1 unspecified atom stereocenters. The number of pyridine rings is 1. The quantitative estimate of drug-likeness (QED) is 0.878. The number of rotatable bonds is 1. The van der Waals surface area contributed by atoms with E-state index in [1.807, 2.05) is 18.5 Å². The van der Waals surface area contributed by atoms with Crippen LogP contribution in [0.25, 0.3) is 5.82 Å². The lowest BCUT2D eigenvalue weighted by molar-refractivity contribution is 0.156. The maximum absolute atomic E-state index is 9.99. The maximum Gasteiger partial charge on any atom is 0.139 e. The zero-order chi connectivity index (χ0) is 12.7. The topological polar surface area (TPSA) is 38.0 Å². The lowest BCUT2D eigenvalue weighted by atomic mass is 9.95. The Labute approximate surface area is 115 Å². The molecule has 2 heterocycles. The first-order chi connectivity index (χ1) is 8.66. The highest BCUT2D eigenvalue weighted by atomic mass is 79.9. The van der Waals surface area contributed by atoms with E-state index in [9.17, 15) is 5.11 Å². The van der Waals surface area contributed by atoms with E-state index < -0.39 is 0 Å². The standard InChI is InChI=1S/C14H15BrN2O/c1-9-7-10(15)8-16-14(9)17-6-5-11-12(17)3-2-4-13(11)18/h5-8,13,18H,2-4H2,1H3. The second-order valence-corrected chi connectivity index (χ2v) is 5.71. The summed E-state index contributed by atoms with van der Waals surface area (Å²) in [4.78, 5) is 4.49. The van der Waals surface area contributed by atoms with Crippen molar-refractivity contribution in [2.45, 2.75) is 32.3 Å². The second kappa shape index (κ2) is 4.52. The summed E-state index contributed by atoms with van der Waals surface area (Å²) in [6, 6.07) is 4.08. The summed E-state index contributed by atoms with van der Waals surface area (Å²) >= 11 is 3.43. The average molecular weight is 307 g/mol. The monoisotopic (exact) mass is 306 g/mol. The molecule has 0 saturated heterocycles. The largest absolute Gasteiger partial charge is 0.388 e. The Morgan fingerprint density at radius 1 is 1.50 bits per heavy atom. The summed E-state index contributed by atoms with van der Waals surface area (Å²) in [7, 11) is 0. The molecule has 94 valence electrons. The maximum atomic E-state index is 9.99. The van der Waals surface area contributed by atoms with E-state index in [1.165, 1.54) is 5.69 Å². The Morgan fingerprint density at radius 2 is 2.33 bits per heavy atom. The van der Waals surface area contributed by atoms with Crippen LogP contribution in [0.3, 0.4) is 0 Å². The van der Waals surface area contributed by atoms with Crippen LogP contribution >= 0.6 is 15.9 Å². The number of aliphatic hydroxyl groups is 1. The van der Waals surface area contributed by atoms with Crippen molar-refractivity contribution in [2.75, 3.05) is 0 Å². The number of halogens is 1. The molecule has 18 heavy (non-hydrogen) atoms. The van der Waals surface area contributed by atoms with Crippen molar-refractivity contribution in [1.82, 2.24) is 9.55 Å². The summed E-state index contributed by atoms with van der Waals surface area (Å²) in [6.07, 6.45) is 6.43. The lowest BCUT2D eigenvalue weighted by Gasteiger charge is -2.20. The highest BCUT2D eigenvalue weighted by molar-refractivity contribution is 9.10. The lowest BCUT2D eigenvalue weighted by Crippen LogP contribution is -2.12. The number of aliphatic hydroxyl groups excluding tert-OH is 1. The molecule has 1 aliphatic carbocycles. The smallest absolute Gasteiger partial charge is 0.139 e. The molecule has 3 nitrogen and oxygen atoms in total. The van der Waals surface area contributed by atoms with Gasteiger partial charge in [-0.25, -0.2) is 4.98 Å². The van der Waals surface area contributed by atoms with E-state index in [1.54, 1.807) is 0 Å². The van der Waals surface area contributed by atoms with Gasteiger partial charge in [0.25, 0.3) is 0 Å². The van der Waals surface area contributed by atoms with Gasteiger partial charge in [-0.2, -0.15) is 0 Å². The van der Waals surface area contributed by atoms with Crippen molar-refractivity contribution in [3.05, 3.63) is 45.8 Å². The first-order valence-corrected chi connectivity index (χ1v) is 6.97. The third kappa shape index (κ3) is 1.89. The summed E-state index contributed by atoms with van der Waals surface area (Å²) in [5.74, 6) is 0.952. The highest BCUT2D eigenvalue weighted by Gasteiger charge is 2.22. The van der Waals surface area contributed by atoms with E-state index in [0.717, 1.165) is 40.7 Å². The molecule has 0 amide bonds. The van der Waals surface area contributed by atoms with Crippen molar-refractivity contribution in [1.29, 1.82) is 0 Å². The third-order valence-electron chi connectivity index (χ3n) is 3.52. The normalized spacial score (nSPS) is 18.7. The van der Waals surface area contributed by atoms with E-state index in [-0.39, 0.29) is 6.10 Å². The van der Waals surface area contributed by atoms with Crippen LogP contribution in [0.2, 0.25) is 0 Å². The number of nitrogens with zero attached hydrogens (tertiary/aromatic N) is 2. The van der Waals surface area contributed by atoms with Gasteiger partial charge in [-0.05, 0) is 59.8 Å². The molecule has 0 aliphatic heterocycles. The molecule has 0 spiro atoms.